The van der Waals surface area contributed by atoms with Gasteiger partial charge in [-0.05, 0) is 48.7 Å². The number of halogens is 1. The smallest absolute Gasteiger partial charge is 0.348 e. The van der Waals surface area contributed by atoms with Crippen molar-refractivity contribution in [1.82, 2.24) is 4.90 Å². The number of nitrogens with zero attached hydrogens (tertiary/aromatic N) is 1. The molecule has 13 heteroatoms. The zero-order valence-corrected chi connectivity index (χ0v) is 24.3. The van der Waals surface area contributed by atoms with Gasteiger partial charge in [-0.15, -0.1) is 11.3 Å². The van der Waals surface area contributed by atoms with Crippen molar-refractivity contribution >= 4 is 51.0 Å². The highest BCUT2D eigenvalue weighted by atomic mass is 35.5. The first-order chi connectivity index (χ1) is 18.9. The fourth-order valence-corrected chi connectivity index (χ4v) is 5.15. The van der Waals surface area contributed by atoms with Gasteiger partial charge in [-0.25, -0.2) is 9.59 Å². The van der Waals surface area contributed by atoms with Crippen molar-refractivity contribution in [2.24, 2.45) is 0 Å². The monoisotopic (exact) mass is 609 g/mol. The highest BCUT2D eigenvalue weighted by molar-refractivity contribution is 7.85. The molecule has 1 aromatic heterocycles. The summed E-state index contributed by atoms with van der Waals surface area (Å²) < 4.78 is 42.7. The van der Waals surface area contributed by atoms with Crippen LogP contribution < -0.4 is 9.47 Å². The van der Waals surface area contributed by atoms with Crippen LogP contribution >= 0.6 is 22.9 Å². The summed E-state index contributed by atoms with van der Waals surface area (Å²) in [5.41, 5.74) is 1.81. The molecule has 1 N–H and O–H groups in total. The molecule has 0 amide bonds. The van der Waals surface area contributed by atoms with Crippen molar-refractivity contribution in [3.63, 3.8) is 0 Å². The molecule has 0 aliphatic carbocycles. The number of benzene rings is 2. The third-order valence-electron chi connectivity index (χ3n) is 5.78. The average Bonchev–Trinajstić information content (AvgIpc) is 3.31. The maximum absolute atomic E-state index is 12.8. The van der Waals surface area contributed by atoms with E-state index in [1.54, 1.807) is 30.3 Å². The number of carbonyl (C=O) groups is 3. The molecule has 0 saturated heterocycles. The number of carbonyl (C=O) groups excluding carboxylic acids is 3. The van der Waals surface area contributed by atoms with Crippen LogP contribution in [0.4, 0.5) is 0 Å². The summed E-state index contributed by atoms with van der Waals surface area (Å²) in [4.78, 5) is 39.8. The van der Waals surface area contributed by atoms with E-state index in [1.807, 2.05) is 23.1 Å². The Bertz CT molecular complexity index is 1490. The molecule has 1 aliphatic rings. The Kier molecular flexibility index (Phi) is 10.8. The molecule has 40 heavy (non-hydrogen) atoms. The molecule has 214 valence electrons. The van der Waals surface area contributed by atoms with Gasteiger partial charge in [-0.2, -0.15) is 8.42 Å². The summed E-state index contributed by atoms with van der Waals surface area (Å²) in [5, 5.41) is 0.928. The van der Waals surface area contributed by atoms with Crippen LogP contribution in [0.3, 0.4) is 0 Å². The van der Waals surface area contributed by atoms with E-state index < -0.39 is 28.1 Å². The molecule has 1 atom stereocenters. The van der Waals surface area contributed by atoms with Crippen molar-refractivity contribution < 1.29 is 41.6 Å². The van der Waals surface area contributed by atoms with Gasteiger partial charge in [0.1, 0.15) is 17.4 Å². The zero-order valence-electron chi connectivity index (χ0n) is 22.0. The van der Waals surface area contributed by atoms with E-state index in [4.69, 9.17) is 30.4 Å². The lowest BCUT2D eigenvalue weighted by Crippen LogP contribution is -2.38. The van der Waals surface area contributed by atoms with E-state index >= 15 is 0 Å². The van der Waals surface area contributed by atoms with Crippen LogP contribution in [-0.2, 0) is 37.4 Å². The van der Waals surface area contributed by atoms with Gasteiger partial charge in [-0.1, -0.05) is 41.9 Å². The van der Waals surface area contributed by atoms with Gasteiger partial charge in [0.25, 0.3) is 10.1 Å². The molecule has 3 aromatic rings. The maximum Gasteiger partial charge on any atom is 0.348 e. The Balaban J connectivity index is 0.000000663. The Morgan fingerprint density at radius 2 is 1.75 bits per heavy atom. The maximum atomic E-state index is 12.8. The Morgan fingerprint density at radius 1 is 1.10 bits per heavy atom. The fourth-order valence-electron chi connectivity index (χ4n) is 3.90. The van der Waals surface area contributed by atoms with E-state index in [1.165, 1.54) is 38.4 Å². The predicted molar refractivity (Wildman–Crippen MR) is 149 cm³/mol. The highest BCUT2D eigenvalue weighted by Gasteiger charge is 2.33. The van der Waals surface area contributed by atoms with Crippen LogP contribution in [0.25, 0.3) is 0 Å². The normalized spacial score (nSPS) is 13.7. The molecule has 0 bridgehead atoms. The Labute approximate surface area is 241 Å². The number of fused-ring (bicyclic) bond motifs is 1. The van der Waals surface area contributed by atoms with Crippen molar-refractivity contribution in [3.05, 3.63) is 81.2 Å². The van der Waals surface area contributed by atoms with Gasteiger partial charge in [0.05, 0.1) is 12.9 Å². The molecule has 4 rings (SSSR count). The van der Waals surface area contributed by atoms with E-state index in [2.05, 4.69) is 0 Å². The lowest BCUT2D eigenvalue weighted by molar-refractivity contribution is -0.147. The molecule has 0 spiro atoms. The van der Waals surface area contributed by atoms with Crippen molar-refractivity contribution in [2.45, 2.75) is 32.9 Å². The Hall–Kier alpha value is -3.29. The fraction of sp³-hybridized carbons (Fsp3) is 0.296. The number of para-hydroxylation sites is 1. The number of thiophene rings is 1. The second-order valence-electron chi connectivity index (χ2n) is 8.53. The van der Waals surface area contributed by atoms with Crippen LogP contribution in [0.1, 0.15) is 46.3 Å². The predicted octanol–water partition coefficient (Wildman–Crippen LogP) is 4.71. The summed E-state index contributed by atoms with van der Waals surface area (Å²) in [7, 11) is -2.30. The largest absolute Gasteiger partial charge is 0.468 e. The number of rotatable bonds is 7. The molecule has 0 fully saturated rings. The number of hydrogen-bond acceptors (Lipinski definition) is 10. The van der Waals surface area contributed by atoms with Gasteiger partial charge in [0.15, 0.2) is 5.06 Å². The van der Waals surface area contributed by atoms with Gasteiger partial charge in [0, 0.05) is 29.9 Å². The zero-order chi connectivity index (χ0) is 29.4. The van der Waals surface area contributed by atoms with Crippen LogP contribution in [-0.4, -0.2) is 55.2 Å². The van der Waals surface area contributed by atoms with E-state index in [-0.39, 0.29) is 23.0 Å². The first-order valence-corrected chi connectivity index (χ1v) is 14.9. The third-order valence-corrected chi connectivity index (χ3v) is 7.97. The van der Waals surface area contributed by atoms with E-state index in [9.17, 15) is 22.8 Å². The summed E-state index contributed by atoms with van der Waals surface area (Å²) in [6.45, 7) is 3.72. The standard InChI is InChI=1S/C25H22ClNO6S.C2H6O3S/c1-15(28)32-20-10-6-4-8-18(20)24(29)33-22-13-16-14-27(12-11-21(16)34-22)23(25(30)31-2)17-7-3-5-9-19(17)26;1-2-6(3,4)5/h3-10,13,23H,11-12,14H2,1-2H3;2H2,1H3,(H,3,4,5)/t23-;/m0./s1. The molecule has 0 radical (unpaired) electrons. The van der Waals surface area contributed by atoms with Crippen LogP contribution in [0.15, 0.2) is 54.6 Å². The second-order valence-corrected chi connectivity index (χ2v) is 11.8. The molecule has 1 aliphatic heterocycles. The second kappa shape index (κ2) is 13.9. The highest BCUT2D eigenvalue weighted by Crippen LogP contribution is 2.38. The molecular formula is C27H28ClNO9S2. The molecule has 0 saturated carbocycles. The minimum absolute atomic E-state index is 0.146. The first-order valence-electron chi connectivity index (χ1n) is 12.1. The summed E-state index contributed by atoms with van der Waals surface area (Å²) >= 11 is 7.77. The molecular weight excluding hydrogens is 582 g/mol. The van der Waals surface area contributed by atoms with Crippen LogP contribution in [0.2, 0.25) is 5.02 Å². The SMILES string of the molecule is CCS(=O)(=O)O.COC(=O)[C@H](c1ccccc1Cl)N1CCc2sc(OC(=O)c3ccccc3OC(C)=O)cc2C1. The number of ether oxygens (including phenoxy) is 3. The van der Waals surface area contributed by atoms with Crippen LogP contribution in [0, 0.1) is 0 Å². The summed E-state index contributed by atoms with van der Waals surface area (Å²) in [5.74, 6) is -1.58. The quantitative estimate of drug-likeness (QED) is 0.228. The van der Waals surface area contributed by atoms with E-state index in [0.29, 0.717) is 35.2 Å². The summed E-state index contributed by atoms with van der Waals surface area (Å²) in [6.07, 6.45) is 0.680. The van der Waals surface area contributed by atoms with Gasteiger partial charge in [-0.3, -0.25) is 14.2 Å². The van der Waals surface area contributed by atoms with Gasteiger partial charge in [0.2, 0.25) is 0 Å². The number of methoxy groups -OCH3 is 1. The lowest BCUT2D eigenvalue weighted by atomic mass is 10.0. The van der Waals surface area contributed by atoms with Gasteiger partial charge < -0.3 is 14.2 Å². The average molecular weight is 610 g/mol. The molecule has 10 nitrogen and oxygen atoms in total. The molecule has 2 aromatic carbocycles. The Morgan fingerprint density at radius 3 is 2.38 bits per heavy atom. The minimum Gasteiger partial charge on any atom is -0.468 e. The number of esters is 3. The van der Waals surface area contributed by atoms with Crippen molar-refractivity contribution in [3.8, 4) is 10.8 Å². The van der Waals surface area contributed by atoms with Gasteiger partial charge >= 0.3 is 17.9 Å². The van der Waals surface area contributed by atoms with Crippen LogP contribution in [0.5, 0.6) is 10.8 Å². The minimum atomic E-state index is -3.66. The molecule has 0 unspecified atom stereocenters. The lowest BCUT2D eigenvalue weighted by Gasteiger charge is -2.33. The topological polar surface area (TPSA) is 137 Å². The third kappa shape index (κ3) is 8.35. The first kappa shape index (κ1) is 31.2. The number of hydrogen-bond donors (Lipinski definition) is 1. The summed E-state index contributed by atoms with van der Waals surface area (Å²) in [6, 6.07) is 14.8. The van der Waals surface area contributed by atoms with Crippen molar-refractivity contribution in [2.75, 3.05) is 19.4 Å². The van der Waals surface area contributed by atoms with Crippen molar-refractivity contribution in [1.29, 1.82) is 0 Å². The molecule has 2 heterocycles. The van der Waals surface area contributed by atoms with E-state index in [0.717, 1.165) is 10.4 Å².